The van der Waals surface area contributed by atoms with Crippen LogP contribution in [0.1, 0.15) is 24.3 Å². The van der Waals surface area contributed by atoms with E-state index in [2.05, 4.69) is 8.75 Å². The van der Waals surface area contributed by atoms with Crippen molar-refractivity contribution in [3.63, 3.8) is 0 Å². The Kier molecular flexibility index (Phi) is 2.47. The number of hydrogen-bond acceptors (Lipinski definition) is 5. The van der Waals surface area contributed by atoms with Crippen LogP contribution in [0, 0.1) is 5.92 Å². The molecule has 0 unspecified atom stereocenters. The Balaban J connectivity index is 1.98. The van der Waals surface area contributed by atoms with Gasteiger partial charge >= 0.3 is 0 Å². The highest BCUT2D eigenvalue weighted by atomic mass is 32.1. The van der Waals surface area contributed by atoms with Gasteiger partial charge in [-0.15, -0.1) is 0 Å². The van der Waals surface area contributed by atoms with Crippen LogP contribution in [-0.2, 0) is 0 Å². The summed E-state index contributed by atoms with van der Waals surface area (Å²) in [5.41, 5.74) is -0.357. The largest absolute Gasteiger partial charge is 0.386 e. The van der Waals surface area contributed by atoms with E-state index in [0.29, 0.717) is 18.8 Å². The third kappa shape index (κ3) is 1.74. The first-order valence-electron chi connectivity index (χ1n) is 4.82. The van der Waals surface area contributed by atoms with E-state index >= 15 is 0 Å². The summed E-state index contributed by atoms with van der Waals surface area (Å²) < 4.78 is 7.65. The van der Waals surface area contributed by atoms with Crippen molar-refractivity contribution >= 4 is 17.6 Å². The Morgan fingerprint density at radius 1 is 1.67 bits per heavy atom. The zero-order chi connectivity index (χ0) is 11.1. The van der Waals surface area contributed by atoms with Gasteiger partial charge in [-0.05, 0) is 5.92 Å². The molecule has 5 nitrogen and oxygen atoms in total. The molecule has 0 aliphatic carbocycles. The van der Waals surface area contributed by atoms with E-state index in [-0.39, 0.29) is 11.8 Å². The molecule has 1 aromatic heterocycles. The third-order valence-electron chi connectivity index (χ3n) is 2.87. The van der Waals surface area contributed by atoms with Gasteiger partial charge in [0.15, 0.2) is 5.69 Å². The van der Waals surface area contributed by atoms with E-state index in [1.54, 1.807) is 4.90 Å². The highest BCUT2D eigenvalue weighted by Gasteiger charge is 2.46. The second-order valence-corrected chi connectivity index (χ2v) is 4.77. The standard InChI is InChI=1S/C9H13N3O2S/c1-6(2)9(14)4-12(5-9)8(13)7-3-10-15-11-7/h3,6,14H,4-5H2,1-2H3. The Labute approximate surface area is 92.1 Å². The normalized spacial score (nSPS) is 19.1. The highest BCUT2D eigenvalue weighted by Crippen LogP contribution is 2.29. The third-order valence-corrected chi connectivity index (χ3v) is 3.35. The minimum absolute atomic E-state index is 0.144. The van der Waals surface area contributed by atoms with Gasteiger partial charge in [0.25, 0.3) is 5.91 Å². The van der Waals surface area contributed by atoms with Crippen LogP contribution < -0.4 is 0 Å². The molecule has 0 saturated carbocycles. The average Bonchev–Trinajstić information content (AvgIpc) is 2.64. The van der Waals surface area contributed by atoms with Crippen molar-refractivity contribution in [2.24, 2.45) is 5.92 Å². The molecule has 0 aromatic carbocycles. The Hall–Kier alpha value is -1.01. The van der Waals surface area contributed by atoms with Gasteiger partial charge in [0.05, 0.1) is 31.0 Å². The second-order valence-electron chi connectivity index (χ2n) is 4.21. The Morgan fingerprint density at radius 3 is 2.80 bits per heavy atom. The molecule has 2 rings (SSSR count). The second kappa shape index (κ2) is 3.53. The Morgan fingerprint density at radius 2 is 2.33 bits per heavy atom. The van der Waals surface area contributed by atoms with Crippen LogP contribution in [0.4, 0.5) is 0 Å². The van der Waals surface area contributed by atoms with Gasteiger partial charge in [0.1, 0.15) is 5.60 Å². The van der Waals surface area contributed by atoms with E-state index in [0.717, 1.165) is 11.7 Å². The lowest BCUT2D eigenvalue weighted by molar-refractivity contribution is -0.111. The number of nitrogens with zero attached hydrogens (tertiary/aromatic N) is 3. The maximum Gasteiger partial charge on any atom is 0.275 e. The molecule has 15 heavy (non-hydrogen) atoms. The minimum atomic E-state index is -0.723. The minimum Gasteiger partial charge on any atom is -0.386 e. The lowest BCUT2D eigenvalue weighted by Crippen LogP contribution is -2.66. The van der Waals surface area contributed by atoms with Crippen molar-refractivity contribution in [2.75, 3.05) is 13.1 Å². The van der Waals surface area contributed by atoms with Gasteiger partial charge in [-0.1, -0.05) is 13.8 Å². The highest BCUT2D eigenvalue weighted by molar-refractivity contribution is 6.99. The summed E-state index contributed by atoms with van der Waals surface area (Å²) in [7, 11) is 0. The lowest BCUT2D eigenvalue weighted by atomic mass is 9.83. The van der Waals surface area contributed by atoms with Crippen LogP contribution in [0.2, 0.25) is 0 Å². The molecule has 1 fully saturated rings. The van der Waals surface area contributed by atoms with Crippen molar-refractivity contribution in [2.45, 2.75) is 19.4 Å². The fourth-order valence-electron chi connectivity index (χ4n) is 1.54. The first-order chi connectivity index (χ1) is 7.03. The van der Waals surface area contributed by atoms with Crippen LogP contribution >= 0.6 is 11.7 Å². The fraction of sp³-hybridized carbons (Fsp3) is 0.667. The molecule has 1 amide bonds. The van der Waals surface area contributed by atoms with E-state index in [1.807, 2.05) is 13.8 Å². The van der Waals surface area contributed by atoms with Crippen molar-refractivity contribution in [1.82, 2.24) is 13.6 Å². The van der Waals surface area contributed by atoms with Crippen LogP contribution in [0.5, 0.6) is 0 Å². The first-order valence-corrected chi connectivity index (χ1v) is 5.55. The molecule has 2 heterocycles. The first kappa shape index (κ1) is 10.5. The molecule has 1 saturated heterocycles. The molecule has 0 atom stereocenters. The Bertz CT molecular complexity index is 357. The van der Waals surface area contributed by atoms with Crippen molar-refractivity contribution in [3.8, 4) is 0 Å². The van der Waals surface area contributed by atoms with Gasteiger partial charge in [-0.2, -0.15) is 8.75 Å². The zero-order valence-electron chi connectivity index (χ0n) is 8.67. The summed E-state index contributed by atoms with van der Waals surface area (Å²) in [6.07, 6.45) is 1.46. The van der Waals surface area contributed by atoms with Crippen molar-refractivity contribution in [1.29, 1.82) is 0 Å². The molecule has 1 aliphatic rings. The maximum absolute atomic E-state index is 11.7. The average molecular weight is 227 g/mol. The molecule has 0 bridgehead atoms. The van der Waals surface area contributed by atoms with Gasteiger partial charge < -0.3 is 10.0 Å². The summed E-state index contributed by atoms with van der Waals surface area (Å²) in [6.45, 7) is 4.68. The summed E-state index contributed by atoms with van der Waals surface area (Å²) in [5.74, 6) is 0.0178. The molecular weight excluding hydrogens is 214 g/mol. The number of likely N-dealkylation sites (tertiary alicyclic amines) is 1. The molecular formula is C9H13N3O2S. The summed E-state index contributed by atoms with van der Waals surface area (Å²) in [4.78, 5) is 13.3. The number of hydrogen-bond donors (Lipinski definition) is 1. The lowest BCUT2D eigenvalue weighted by Gasteiger charge is -2.48. The zero-order valence-corrected chi connectivity index (χ0v) is 9.49. The van der Waals surface area contributed by atoms with Gasteiger partial charge in [0.2, 0.25) is 0 Å². The molecule has 82 valence electrons. The molecule has 1 N–H and O–H groups in total. The molecule has 1 aromatic rings. The summed E-state index contributed by atoms with van der Waals surface area (Å²) in [5, 5.41) is 9.98. The summed E-state index contributed by atoms with van der Waals surface area (Å²) >= 11 is 1.02. The molecule has 0 spiro atoms. The SMILES string of the molecule is CC(C)C1(O)CN(C(=O)c2cnsn2)C1. The topological polar surface area (TPSA) is 66.3 Å². The number of β-amino-alcohol motifs (C(OH)–C–C–N with tert-alkyl or cyclic N) is 1. The summed E-state index contributed by atoms with van der Waals surface area (Å²) in [6, 6.07) is 0. The fourth-order valence-corrected chi connectivity index (χ4v) is 1.95. The van der Waals surface area contributed by atoms with Crippen LogP contribution in [0.3, 0.4) is 0 Å². The van der Waals surface area contributed by atoms with E-state index in [4.69, 9.17) is 0 Å². The van der Waals surface area contributed by atoms with Gasteiger partial charge in [0, 0.05) is 0 Å². The number of rotatable bonds is 2. The van der Waals surface area contributed by atoms with Crippen LogP contribution in [0.25, 0.3) is 0 Å². The van der Waals surface area contributed by atoms with Crippen LogP contribution in [-0.4, -0.2) is 43.4 Å². The van der Waals surface area contributed by atoms with Gasteiger partial charge in [-0.25, -0.2) is 0 Å². The number of aliphatic hydroxyl groups is 1. The van der Waals surface area contributed by atoms with Crippen molar-refractivity contribution in [3.05, 3.63) is 11.9 Å². The number of amides is 1. The van der Waals surface area contributed by atoms with Gasteiger partial charge in [-0.3, -0.25) is 4.79 Å². The number of aromatic nitrogens is 2. The van der Waals surface area contributed by atoms with E-state index in [9.17, 15) is 9.90 Å². The van der Waals surface area contributed by atoms with E-state index in [1.165, 1.54) is 6.20 Å². The smallest absolute Gasteiger partial charge is 0.275 e. The maximum atomic E-state index is 11.7. The quantitative estimate of drug-likeness (QED) is 0.793. The van der Waals surface area contributed by atoms with E-state index < -0.39 is 5.60 Å². The monoisotopic (exact) mass is 227 g/mol. The predicted octanol–water partition coefficient (Wildman–Crippen LogP) is 0.381. The molecule has 1 aliphatic heterocycles. The van der Waals surface area contributed by atoms with Crippen LogP contribution in [0.15, 0.2) is 6.20 Å². The number of carbonyl (C=O) groups excluding carboxylic acids is 1. The molecule has 0 radical (unpaired) electrons. The predicted molar refractivity (Wildman–Crippen MR) is 55.6 cm³/mol. The number of carbonyl (C=O) groups is 1. The van der Waals surface area contributed by atoms with Crippen molar-refractivity contribution < 1.29 is 9.90 Å². The molecule has 6 heteroatoms.